The molecule has 1 aromatic carbocycles. The van der Waals surface area contributed by atoms with Gasteiger partial charge in [-0.25, -0.2) is 4.39 Å². The first-order valence-corrected chi connectivity index (χ1v) is 7.44. The maximum Gasteiger partial charge on any atom is 0.197 e. The molecule has 0 N–H and O–H groups in total. The molecular weight excluding hydrogens is 309 g/mol. The minimum Gasteiger partial charge on any atom is -0.493 e. The summed E-state index contributed by atoms with van der Waals surface area (Å²) in [7, 11) is 2.81. The summed E-state index contributed by atoms with van der Waals surface area (Å²) in [5, 5.41) is 19.1. The summed E-state index contributed by atoms with van der Waals surface area (Å²) in [4.78, 5) is 0. The maximum absolute atomic E-state index is 14.9. The van der Waals surface area contributed by atoms with Gasteiger partial charge in [-0.3, -0.25) is 0 Å². The van der Waals surface area contributed by atoms with Crippen LogP contribution in [0.1, 0.15) is 28.4 Å². The monoisotopic (exact) mass is 325 g/mol. The topological polar surface area (TPSA) is 71.0 Å². The number of fused-ring (bicyclic) bond motifs is 3. The first kappa shape index (κ1) is 15.9. The third-order valence-corrected chi connectivity index (χ3v) is 4.69. The number of nitriles is 2. The zero-order valence-electron chi connectivity index (χ0n) is 13.9. The lowest BCUT2D eigenvalue weighted by Gasteiger charge is -2.27. The molecule has 2 aromatic rings. The van der Waals surface area contributed by atoms with Gasteiger partial charge in [-0.1, -0.05) is 0 Å². The van der Waals surface area contributed by atoms with E-state index in [1.54, 1.807) is 6.07 Å². The Hall–Kier alpha value is -2.99. The van der Waals surface area contributed by atoms with Crippen molar-refractivity contribution in [3.8, 4) is 34.9 Å². The summed E-state index contributed by atoms with van der Waals surface area (Å²) in [6.45, 7) is 3.70. The molecule has 0 radical (unpaired) electrons. The Labute approximate surface area is 139 Å². The summed E-state index contributed by atoms with van der Waals surface area (Å²) in [5.41, 5.74) is 3.62. The molecule has 1 aromatic heterocycles. The molecular formula is C18H16FN3O2. The van der Waals surface area contributed by atoms with Crippen LogP contribution in [0.5, 0.6) is 11.5 Å². The van der Waals surface area contributed by atoms with E-state index in [0.717, 1.165) is 11.3 Å². The first-order chi connectivity index (χ1) is 11.5. The first-order valence-electron chi connectivity index (χ1n) is 7.44. The molecule has 0 spiro atoms. The number of hydrogen-bond acceptors (Lipinski definition) is 4. The predicted molar refractivity (Wildman–Crippen MR) is 85.5 cm³/mol. The highest BCUT2D eigenvalue weighted by atomic mass is 19.1. The van der Waals surface area contributed by atoms with Gasteiger partial charge in [0.25, 0.3) is 0 Å². The lowest BCUT2D eigenvalue weighted by Crippen LogP contribution is -2.20. The number of ether oxygens (including phenoxy) is 2. The van der Waals surface area contributed by atoms with Crippen molar-refractivity contribution in [2.75, 3.05) is 14.2 Å². The van der Waals surface area contributed by atoms with Crippen LogP contribution in [-0.4, -0.2) is 18.8 Å². The molecule has 0 bridgehead atoms. The van der Waals surface area contributed by atoms with E-state index in [9.17, 15) is 14.9 Å². The lowest BCUT2D eigenvalue weighted by atomic mass is 9.91. The van der Waals surface area contributed by atoms with E-state index in [1.807, 2.05) is 18.4 Å². The van der Waals surface area contributed by atoms with E-state index >= 15 is 0 Å². The Morgan fingerprint density at radius 1 is 1.25 bits per heavy atom. The minimum absolute atomic E-state index is 0.0138. The third-order valence-electron chi connectivity index (χ3n) is 4.69. The van der Waals surface area contributed by atoms with E-state index in [1.165, 1.54) is 14.2 Å². The third kappa shape index (κ3) is 1.90. The van der Waals surface area contributed by atoms with Crippen LogP contribution in [-0.2, 0) is 6.42 Å². The van der Waals surface area contributed by atoms with Crippen LogP contribution in [0.3, 0.4) is 0 Å². The highest BCUT2D eigenvalue weighted by Crippen LogP contribution is 2.46. The summed E-state index contributed by atoms with van der Waals surface area (Å²) < 4.78 is 27.1. The van der Waals surface area contributed by atoms with Crippen molar-refractivity contribution in [1.82, 2.24) is 4.57 Å². The van der Waals surface area contributed by atoms with E-state index in [0.29, 0.717) is 22.4 Å². The van der Waals surface area contributed by atoms with Crippen LogP contribution in [0, 0.1) is 42.3 Å². The molecule has 1 aliphatic heterocycles. The van der Waals surface area contributed by atoms with Crippen molar-refractivity contribution >= 4 is 0 Å². The average Bonchev–Trinajstić information content (AvgIpc) is 2.85. The second-order valence-electron chi connectivity index (χ2n) is 5.72. The van der Waals surface area contributed by atoms with Gasteiger partial charge in [-0.05, 0) is 25.5 Å². The van der Waals surface area contributed by atoms with Crippen LogP contribution in [0.2, 0.25) is 0 Å². The zero-order valence-corrected chi connectivity index (χ0v) is 13.9. The van der Waals surface area contributed by atoms with Crippen molar-refractivity contribution in [2.24, 2.45) is 0 Å². The van der Waals surface area contributed by atoms with E-state index in [2.05, 4.69) is 12.1 Å². The van der Waals surface area contributed by atoms with Crippen molar-refractivity contribution in [3.63, 3.8) is 0 Å². The fourth-order valence-electron chi connectivity index (χ4n) is 3.41. The number of methoxy groups -OCH3 is 2. The van der Waals surface area contributed by atoms with Crippen LogP contribution in [0.4, 0.5) is 4.39 Å². The van der Waals surface area contributed by atoms with Gasteiger partial charge in [-0.2, -0.15) is 10.5 Å². The Morgan fingerprint density at radius 2 is 1.96 bits per heavy atom. The minimum atomic E-state index is -0.569. The molecule has 0 saturated carbocycles. The SMILES string of the molecule is COc1cc2c(c(F)c1OC)CC(C#N)n1c(C)c(C)c(C#N)c1-2. The molecule has 0 amide bonds. The molecule has 1 unspecified atom stereocenters. The Balaban J connectivity index is 2.46. The average molecular weight is 325 g/mol. The number of nitrogens with zero attached hydrogens (tertiary/aromatic N) is 3. The summed E-state index contributed by atoms with van der Waals surface area (Å²) >= 11 is 0. The second-order valence-corrected chi connectivity index (χ2v) is 5.72. The van der Waals surface area contributed by atoms with E-state index in [-0.39, 0.29) is 17.9 Å². The molecule has 5 nitrogen and oxygen atoms in total. The van der Waals surface area contributed by atoms with Gasteiger partial charge in [0.05, 0.1) is 31.5 Å². The molecule has 2 heterocycles. The molecule has 3 rings (SSSR count). The van der Waals surface area contributed by atoms with Gasteiger partial charge in [0, 0.05) is 23.2 Å². The smallest absolute Gasteiger partial charge is 0.197 e. The van der Waals surface area contributed by atoms with Gasteiger partial charge in [0.15, 0.2) is 17.3 Å². The van der Waals surface area contributed by atoms with Gasteiger partial charge in [0.1, 0.15) is 12.1 Å². The molecule has 24 heavy (non-hydrogen) atoms. The van der Waals surface area contributed by atoms with Crippen molar-refractivity contribution in [2.45, 2.75) is 26.3 Å². The fourth-order valence-corrected chi connectivity index (χ4v) is 3.41. The summed E-state index contributed by atoms with van der Waals surface area (Å²) in [6.07, 6.45) is 0.213. The quantitative estimate of drug-likeness (QED) is 0.848. The number of aromatic nitrogens is 1. The molecule has 122 valence electrons. The molecule has 0 saturated heterocycles. The van der Waals surface area contributed by atoms with Crippen molar-refractivity contribution in [3.05, 3.63) is 34.3 Å². The van der Waals surface area contributed by atoms with Gasteiger partial charge in [0.2, 0.25) is 0 Å². The molecule has 1 atom stereocenters. The number of benzene rings is 1. The van der Waals surface area contributed by atoms with E-state index in [4.69, 9.17) is 9.47 Å². The number of halogens is 1. The fraction of sp³-hybridized carbons (Fsp3) is 0.333. The largest absolute Gasteiger partial charge is 0.493 e. The standard InChI is InChI=1S/C18H16FN3O2/c1-9-10(2)22-11(7-20)5-12-13(17(22)14(9)8-21)6-15(23-3)18(24-4)16(12)19/h6,11H,5H2,1-4H3. The summed E-state index contributed by atoms with van der Waals surface area (Å²) in [5.74, 6) is -0.269. The van der Waals surface area contributed by atoms with Gasteiger partial charge in [-0.15, -0.1) is 0 Å². The second kappa shape index (κ2) is 5.58. The molecule has 1 aliphatic rings. The highest BCUT2D eigenvalue weighted by Gasteiger charge is 2.34. The van der Waals surface area contributed by atoms with E-state index < -0.39 is 11.9 Å². The van der Waals surface area contributed by atoms with Gasteiger partial charge < -0.3 is 14.0 Å². The normalized spacial score (nSPS) is 15.0. The molecule has 0 fully saturated rings. The molecule has 6 heteroatoms. The highest BCUT2D eigenvalue weighted by molar-refractivity contribution is 5.78. The zero-order chi connectivity index (χ0) is 17.6. The maximum atomic E-state index is 14.9. The predicted octanol–water partition coefficient (Wildman–Crippen LogP) is 3.42. The van der Waals surface area contributed by atoms with Crippen molar-refractivity contribution < 1.29 is 13.9 Å². The van der Waals surface area contributed by atoms with Crippen LogP contribution in [0.25, 0.3) is 11.3 Å². The number of hydrogen-bond donors (Lipinski definition) is 0. The number of rotatable bonds is 2. The molecule has 0 aliphatic carbocycles. The van der Waals surface area contributed by atoms with Crippen LogP contribution >= 0.6 is 0 Å². The Morgan fingerprint density at radius 3 is 2.50 bits per heavy atom. The van der Waals surface area contributed by atoms with Gasteiger partial charge >= 0.3 is 0 Å². The van der Waals surface area contributed by atoms with Crippen LogP contribution in [0.15, 0.2) is 6.07 Å². The van der Waals surface area contributed by atoms with Crippen LogP contribution < -0.4 is 9.47 Å². The summed E-state index contributed by atoms with van der Waals surface area (Å²) in [6, 6.07) is 5.51. The van der Waals surface area contributed by atoms with Crippen molar-refractivity contribution in [1.29, 1.82) is 10.5 Å². The Kier molecular flexibility index (Phi) is 3.69. The Bertz CT molecular complexity index is 932. The lowest BCUT2D eigenvalue weighted by molar-refractivity contribution is 0.335.